The average molecular weight is 206 g/mol. The van der Waals surface area contributed by atoms with Crippen molar-refractivity contribution in [2.45, 2.75) is 26.2 Å². The smallest absolute Gasteiger partial charge is 0.342 e. The van der Waals surface area contributed by atoms with Crippen LogP contribution >= 0.6 is 0 Å². The van der Waals surface area contributed by atoms with E-state index in [1.54, 1.807) is 0 Å². The molecule has 3 heteroatoms. The largest absolute Gasteiger partial charge is 0.433 e. The maximum absolute atomic E-state index is 11.5. The zero-order valence-corrected chi connectivity index (χ0v) is 8.84. The minimum atomic E-state index is -0.557. The first kappa shape index (κ1) is 10.2. The Labute approximate surface area is 89.0 Å². The van der Waals surface area contributed by atoms with Gasteiger partial charge in [-0.05, 0) is 5.56 Å². The SMILES string of the molecule is CC(C)[C@@H]1OC(=O)[C@H](c2ccccc2)O1. The maximum Gasteiger partial charge on any atom is 0.342 e. The number of cyclic esters (lactones) is 1. The zero-order valence-electron chi connectivity index (χ0n) is 8.84. The Morgan fingerprint density at radius 2 is 1.87 bits per heavy atom. The average Bonchev–Trinajstić information content (AvgIpc) is 2.62. The molecule has 0 radical (unpaired) electrons. The van der Waals surface area contributed by atoms with Gasteiger partial charge in [0.25, 0.3) is 0 Å². The topological polar surface area (TPSA) is 35.5 Å². The van der Waals surface area contributed by atoms with E-state index in [4.69, 9.17) is 9.47 Å². The van der Waals surface area contributed by atoms with Crippen LogP contribution in [-0.2, 0) is 14.3 Å². The van der Waals surface area contributed by atoms with Crippen molar-refractivity contribution in [3.63, 3.8) is 0 Å². The number of carbonyl (C=O) groups is 1. The summed E-state index contributed by atoms with van der Waals surface area (Å²) in [5.41, 5.74) is 0.852. The summed E-state index contributed by atoms with van der Waals surface area (Å²) in [6.07, 6.45) is -0.971. The lowest BCUT2D eigenvalue weighted by atomic mass is 10.1. The molecule has 0 N–H and O–H groups in total. The van der Waals surface area contributed by atoms with Gasteiger partial charge >= 0.3 is 5.97 Å². The highest BCUT2D eigenvalue weighted by atomic mass is 16.8. The fourth-order valence-corrected chi connectivity index (χ4v) is 1.53. The maximum atomic E-state index is 11.5. The van der Waals surface area contributed by atoms with Gasteiger partial charge in [-0.15, -0.1) is 0 Å². The summed E-state index contributed by atoms with van der Waals surface area (Å²) in [6, 6.07) is 9.41. The molecule has 80 valence electrons. The minimum absolute atomic E-state index is 0.183. The van der Waals surface area contributed by atoms with Gasteiger partial charge in [0.15, 0.2) is 6.10 Å². The van der Waals surface area contributed by atoms with Crippen molar-refractivity contribution in [2.24, 2.45) is 5.92 Å². The first-order chi connectivity index (χ1) is 7.18. The molecule has 0 aromatic heterocycles. The van der Waals surface area contributed by atoms with Crippen LogP contribution in [0.4, 0.5) is 0 Å². The molecule has 2 atom stereocenters. The van der Waals surface area contributed by atoms with Crippen LogP contribution in [0.5, 0.6) is 0 Å². The van der Waals surface area contributed by atoms with Gasteiger partial charge in [0.05, 0.1) is 0 Å². The van der Waals surface area contributed by atoms with Crippen LogP contribution in [0.2, 0.25) is 0 Å². The summed E-state index contributed by atoms with van der Waals surface area (Å²) in [7, 11) is 0. The van der Waals surface area contributed by atoms with E-state index in [9.17, 15) is 4.79 Å². The zero-order chi connectivity index (χ0) is 10.8. The van der Waals surface area contributed by atoms with Gasteiger partial charge in [0.1, 0.15) is 0 Å². The van der Waals surface area contributed by atoms with E-state index in [0.717, 1.165) is 5.56 Å². The van der Waals surface area contributed by atoms with E-state index < -0.39 is 12.4 Å². The molecule has 0 bridgehead atoms. The second kappa shape index (κ2) is 4.03. The summed E-state index contributed by atoms with van der Waals surface area (Å²) in [4.78, 5) is 11.5. The summed E-state index contributed by atoms with van der Waals surface area (Å²) >= 11 is 0. The van der Waals surface area contributed by atoms with Crippen LogP contribution in [0.1, 0.15) is 25.5 Å². The predicted molar refractivity (Wildman–Crippen MR) is 55.0 cm³/mol. The van der Waals surface area contributed by atoms with Crippen LogP contribution in [0, 0.1) is 5.92 Å². The third-order valence-electron chi connectivity index (χ3n) is 2.36. The van der Waals surface area contributed by atoms with Crippen LogP contribution in [-0.4, -0.2) is 12.3 Å². The molecule has 3 nitrogen and oxygen atoms in total. The first-order valence-electron chi connectivity index (χ1n) is 5.09. The molecule has 2 rings (SSSR count). The Morgan fingerprint density at radius 3 is 2.40 bits per heavy atom. The van der Waals surface area contributed by atoms with Crippen LogP contribution in [0.3, 0.4) is 0 Å². The summed E-state index contributed by atoms with van der Waals surface area (Å²) in [5, 5.41) is 0. The second-order valence-electron chi connectivity index (χ2n) is 3.98. The molecule has 1 heterocycles. The molecule has 0 aliphatic carbocycles. The molecule has 15 heavy (non-hydrogen) atoms. The number of hydrogen-bond acceptors (Lipinski definition) is 3. The summed E-state index contributed by atoms with van der Waals surface area (Å²) < 4.78 is 10.7. The fraction of sp³-hybridized carbons (Fsp3) is 0.417. The molecule has 0 amide bonds. The highest BCUT2D eigenvalue weighted by molar-refractivity contribution is 5.78. The van der Waals surface area contributed by atoms with Gasteiger partial charge in [0.2, 0.25) is 6.29 Å². The number of ether oxygens (including phenoxy) is 2. The number of hydrogen-bond donors (Lipinski definition) is 0. The standard InChI is InChI=1S/C12H14O3/c1-8(2)12-14-10(11(13)15-12)9-6-4-3-5-7-9/h3-8,10,12H,1-2H3/t10-,12-/m0/s1. The Morgan fingerprint density at radius 1 is 1.20 bits per heavy atom. The van der Waals surface area contributed by atoms with E-state index in [1.165, 1.54) is 0 Å². The monoisotopic (exact) mass is 206 g/mol. The number of carbonyl (C=O) groups excluding carboxylic acids is 1. The molecular weight excluding hydrogens is 192 g/mol. The summed E-state index contributed by atoms with van der Waals surface area (Å²) in [5.74, 6) is -0.109. The van der Waals surface area contributed by atoms with Crippen molar-refractivity contribution in [1.29, 1.82) is 0 Å². The van der Waals surface area contributed by atoms with Crippen molar-refractivity contribution in [3.8, 4) is 0 Å². The Bertz CT molecular complexity index is 345. The van der Waals surface area contributed by atoms with Gasteiger partial charge in [-0.3, -0.25) is 0 Å². The molecule has 1 aliphatic rings. The lowest BCUT2D eigenvalue weighted by Gasteiger charge is -2.12. The van der Waals surface area contributed by atoms with Gasteiger partial charge in [-0.25, -0.2) is 4.79 Å². The van der Waals surface area contributed by atoms with Crippen LogP contribution in [0.15, 0.2) is 30.3 Å². The number of benzene rings is 1. The van der Waals surface area contributed by atoms with Gasteiger partial charge in [-0.2, -0.15) is 0 Å². The lowest BCUT2D eigenvalue weighted by Crippen LogP contribution is -2.15. The van der Waals surface area contributed by atoms with Crippen molar-refractivity contribution in [3.05, 3.63) is 35.9 Å². The van der Waals surface area contributed by atoms with Gasteiger partial charge in [-0.1, -0.05) is 44.2 Å². The van der Waals surface area contributed by atoms with Gasteiger partial charge < -0.3 is 9.47 Å². The van der Waals surface area contributed by atoms with Crippen molar-refractivity contribution < 1.29 is 14.3 Å². The van der Waals surface area contributed by atoms with E-state index >= 15 is 0 Å². The van der Waals surface area contributed by atoms with E-state index in [-0.39, 0.29) is 11.9 Å². The van der Waals surface area contributed by atoms with Gasteiger partial charge in [0, 0.05) is 5.92 Å². The third kappa shape index (κ3) is 2.02. The fourth-order valence-electron chi connectivity index (χ4n) is 1.53. The summed E-state index contributed by atoms with van der Waals surface area (Å²) in [6.45, 7) is 3.93. The second-order valence-corrected chi connectivity index (χ2v) is 3.98. The molecule has 0 spiro atoms. The van der Waals surface area contributed by atoms with Crippen molar-refractivity contribution in [1.82, 2.24) is 0 Å². The Hall–Kier alpha value is -1.35. The Balaban J connectivity index is 2.16. The number of esters is 1. The highest BCUT2D eigenvalue weighted by Crippen LogP contribution is 2.30. The molecule has 1 fully saturated rings. The van der Waals surface area contributed by atoms with E-state index in [2.05, 4.69) is 0 Å². The van der Waals surface area contributed by atoms with Crippen molar-refractivity contribution >= 4 is 5.97 Å². The van der Waals surface area contributed by atoms with Crippen LogP contribution in [0.25, 0.3) is 0 Å². The molecule has 1 aliphatic heterocycles. The lowest BCUT2D eigenvalue weighted by molar-refractivity contribution is -0.146. The molecule has 1 aromatic carbocycles. The molecule has 0 unspecified atom stereocenters. The van der Waals surface area contributed by atoms with Crippen molar-refractivity contribution in [2.75, 3.05) is 0 Å². The molecule has 1 saturated heterocycles. The van der Waals surface area contributed by atoms with E-state index in [1.807, 2.05) is 44.2 Å². The Kier molecular flexibility index (Phi) is 2.73. The first-order valence-corrected chi connectivity index (χ1v) is 5.09. The quantitative estimate of drug-likeness (QED) is 0.696. The molecule has 0 saturated carbocycles. The molecular formula is C12H14O3. The van der Waals surface area contributed by atoms with Crippen LogP contribution < -0.4 is 0 Å². The van der Waals surface area contributed by atoms with E-state index in [0.29, 0.717) is 0 Å². The number of rotatable bonds is 2. The normalized spacial score (nSPS) is 25.7. The molecule has 1 aromatic rings. The predicted octanol–water partition coefficient (Wildman–Crippen LogP) is 2.28. The third-order valence-corrected chi connectivity index (χ3v) is 2.36. The minimum Gasteiger partial charge on any atom is -0.433 e. The highest BCUT2D eigenvalue weighted by Gasteiger charge is 2.37.